The molecule has 0 radical (unpaired) electrons. The second kappa shape index (κ2) is 3.79. The molecule has 0 spiro atoms. The van der Waals surface area contributed by atoms with E-state index in [-0.39, 0.29) is 11.5 Å². The van der Waals surface area contributed by atoms with E-state index in [1.165, 1.54) is 25.3 Å². The van der Waals surface area contributed by atoms with Crippen molar-refractivity contribution in [1.82, 2.24) is 0 Å². The first kappa shape index (κ1) is 10.7. The molecule has 78 valence electrons. The first-order valence-electron chi connectivity index (χ1n) is 3.97. The summed E-state index contributed by atoms with van der Waals surface area (Å²) in [4.78, 5) is 0. The zero-order valence-electron chi connectivity index (χ0n) is 7.63. The minimum absolute atomic E-state index is 0.233. The van der Waals surface area contributed by atoms with E-state index >= 15 is 0 Å². The Hall–Kier alpha value is -1.36. The van der Waals surface area contributed by atoms with Crippen molar-refractivity contribution >= 4 is 0 Å². The Balaban J connectivity index is 3.27. The highest BCUT2D eigenvalue weighted by molar-refractivity contribution is 5.47. The molecule has 0 fully saturated rings. The summed E-state index contributed by atoms with van der Waals surface area (Å²) >= 11 is 0. The maximum atomic E-state index is 13.2. The number of ether oxygens (including phenoxy) is 1. The van der Waals surface area contributed by atoms with Crippen LogP contribution in [0.1, 0.15) is 5.56 Å². The summed E-state index contributed by atoms with van der Waals surface area (Å²) in [6.07, 6.45) is 0. The van der Waals surface area contributed by atoms with E-state index < -0.39 is 18.0 Å². The minimum Gasteiger partial charge on any atom is -0.504 e. The van der Waals surface area contributed by atoms with E-state index in [4.69, 9.17) is 5.73 Å². The van der Waals surface area contributed by atoms with Gasteiger partial charge in [0.2, 0.25) is 0 Å². The number of aromatic hydroxyl groups is 1. The maximum Gasteiger partial charge on any atom is 0.288 e. The van der Waals surface area contributed by atoms with E-state index in [9.17, 15) is 13.9 Å². The topological polar surface area (TPSA) is 55.5 Å². The molecule has 0 amide bonds. The third kappa shape index (κ3) is 1.77. The van der Waals surface area contributed by atoms with Crippen LogP contribution in [0.2, 0.25) is 0 Å². The van der Waals surface area contributed by atoms with Gasteiger partial charge in [-0.1, -0.05) is 6.07 Å². The van der Waals surface area contributed by atoms with Crippen LogP contribution in [0.3, 0.4) is 0 Å². The van der Waals surface area contributed by atoms with Gasteiger partial charge in [0.25, 0.3) is 5.92 Å². The van der Waals surface area contributed by atoms with Crippen LogP contribution >= 0.6 is 0 Å². The standard InChI is InChI=1S/C9H11F2NO2/c1-14-8-6(9(10,11)5-12)3-2-4-7(8)13/h2-4,13H,5,12H2,1H3. The van der Waals surface area contributed by atoms with Gasteiger partial charge in [0.15, 0.2) is 11.5 Å². The summed E-state index contributed by atoms with van der Waals surface area (Å²) in [6, 6.07) is 3.76. The molecule has 3 nitrogen and oxygen atoms in total. The van der Waals surface area contributed by atoms with Crippen LogP contribution in [0.4, 0.5) is 8.78 Å². The lowest BCUT2D eigenvalue weighted by Crippen LogP contribution is -2.25. The second-order valence-corrected chi connectivity index (χ2v) is 2.77. The number of phenols is 1. The maximum absolute atomic E-state index is 13.2. The van der Waals surface area contributed by atoms with Gasteiger partial charge in [-0.15, -0.1) is 0 Å². The molecule has 0 aromatic heterocycles. The first-order chi connectivity index (χ1) is 6.53. The van der Waals surface area contributed by atoms with E-state index in [0.29, 0.717) is 0 Å². The number of benzene rings is 1. The van der Waals surface area contributed by atoms with Crippen molar-refractivity contribution in [3.8, 4) is 11.5 Å². The van der Waals surface area contributed by atoms with Crippen molar-refractivity contribution in [3.05, 3.63) is 23.8 Å². The van der Waals surface area contributed by atoms with Gasteiger partial charge in [-0.05, 0) is 12.1 Å². The highest BCUT2D eigenvalue weighted by Crippen LogP contribution is 2.39. The molecule has 0 atom stereocenters. The number of halogens is 2. The monoisotopic (exact) mass is 203 g/mol. The molecule has 0 bridgehead atoms. The van der Waals surface area contributed by atoms with Crippen molar-refractivity contribution in [2.24, 2.45) is 5.73 Å². The van der Waals surface area contributed by atoms with Crippen LogP contribution in [0.25, 0.3) is 0 Å². The van der Waals surface area contributed by atoms with Gasteiger partial charge in [-0.25, -0.2) is 0 Å². The zero-order valence-corrected chi connectivity index (χ0v) is 7.63. The Bertz CT molecular complexity index is 329. The van der Waals surface area contributed by atoms with E-state index in [1.54, 1.807) is 0 Å². The molecule has 0 unspecified atom stereocenters. The number of rotatable bonds is 3. The molecule has 14 heavy (non-hydrogen) atoms. The van der Waals surface area contributed by atoms with Gasteiger partial charge in [0.1, 0.15) is 0 Å². The fraction of sp³-hybridized carbons (Fsp3) is 0.333. The van der Waals surface area contributed by atoms with Gasteiger partial charge in [0.05, 0.1) is 19.2 Å². The SMILES string of the molecule is COc1c(O)cccc1C(F)(F)CN. The third-order valence-corrected chi connectivity index (χ3v) is 1.85. The fourth-order valence-electron chi connectivity index (χ4n) is 1.14. The summed E-state index contributed by atoms with van der Waals surface area (Å²) in [5.41, 5.74) is 4.52. The fourth-order valence-corrected chi connectivity index (χ4v) is 1.14. The molecule has 0 saturated carbocycles. The highest BCUT2D eigenvalue weighted by atomic mass is 19.3. The predicted octanol–water partition coefficient (Wildman–Crippen LogP) is 1.45. The number of nitrogens with two attached hydrogens (primary N) is 1. The summed E-state index contributed by atoms with van der Waals surface area (Å²) < 4.78 is 31.1. The number of hydrogen-bond donors (Lipinski definition) is 2. The Morgan fingerprint density at radius 2 is 2.14 bits per heavy atom. The van der Waals surface area contributed by atoms with E-state index in [2.05, 4.69) is 4.74 Å². The highest BCUT2D eigenvalue weighted by Gasteiger charge is 2.33. The van der Waals surface area contributed by atoms with Crippen molar-refractivity contribution < 1.29 is 18.6 Å². The molecule has 0 heterocycles. The van der Waals surface area contributed by atoms with Gasteiger partial charge < -0.3 is 15.6 Å². The Kier molecular flexibility index (Phi) is 2.90. The average molecular weight is 203 g/mol. The van der Waals surface area contributed by atoms with Crippen molar-refractivity contribution in [3.63, 3.8) is 0 Å². The van der Waals surface area contributed by atoms with Crippen molar-refractivity contribution in [2.45, 2.75) is 5.92 Å². The molecule has 0 saturated heterocycles. The van der Waals surface area contributed by atoms with Gasteiger partial charge >= 0.3 is 0 Å². The lowest BCUT2D eigenvalue weighted by atomic mass is 10.1. The van der Waals surface area contributed by atoms with E-state index in [1.807, 2.05) is 0 Å². The van der Waals surface area contributed by atoms with Crippen molar-refractivity contribution in [2.75, 3.05) is 13.7 Å². The molecule has 1 rings (SSSR count). The largest absolute Gasteiger partial charge is 0.504 e. The van der Waals surface area contributed by atoms with E-state index in [0.717, 1.165) is 0 Å². The minimum atomic E-state index is -3.19. The average Bonchev–Trinajstić information content (AvgIpc) is 2.17. The van der Waals surface area contributed by atoms with Crippen LogP contribution in [0, 0.1) is 0 Å². The predicted molar refractivity (Wildman–Crippen MR) is 47.6 cm³/mol. The molecular formula is C9H11F2NO2. The second-order valence-electron chi connectivity index (χ2n) is 2.77. The molecule has 1 aromatic carbocycles. The molecular weight excluding hydrogens is 192 g/mol. The molecule has 0 aliphatic carbocycles. The van der Waals surface area contributed by atoms with Crippen LogP contribution in [-0.2, 0) is 5.92 Å². The summed E-state index contributed by atoms with van der Waals surface area (Å²) in [7, 11) is 1.21. The molecule has 3 N–H and O–H groups in total. The Morgan fingerprint density at radius 1 is 1.50 bits per heavy atom. The molecule has 0 aliphatic rings. The Labute approximate surface area is 80.1 Å². The lowest BCUT2D eigenvalue weighted by molar-refractivity contribution is 0.00336. The van der Waals surface area contributed by atoms with Crippen molar-refractivity contribution in [1.29, 1.82) is 0 Å². The molecule has 5 heteroatoms. The first-order valence-corrected chi connectivity index (χ1v) is 3.97. The lowest BCUT2D eigenvalue weighted by Gasteiger charge is -2.17. The number of methoxy groups -OCH3 is 1. The van der Waals surface area contributed by atoms with Gasteiger partial charge in [0, 0.05) is 0 Å². The van der Waals surface area contributed by atoms with Gasteiger partial charge in [-0.3, -0.25) is 0 Å². The van der Waals surface area contributed by atoms with Gasteiger partial charge in [-0.2, -0.15) is 8.78 Å². The smallest absolute Gasteiger partial charge is 0.288 e. The summed E-state index contributed by atoms with van der Waals surface area (Å²) in [5, 5.41) is 9.25. The van der Waals surface area contributed by atoms with Crippen LogP contribution < -0.4 is 10.5 Å². The number of hydrogen-bond acceptors (Lipinski definition) is 3. The summed E-state index contributed by atoms with van der Waals surface area (Å²) in [5.74, 6) is -3.74. The van der Waals surface area contributed by atoms with Crippen LogP contribution in [-0.4, -0.2) is 18.8 Å². The molecule has 0 aliphatic heterocycles. The third-order valence-electron chi connectivity index (χ3n) is 1.85. The normalized spacial score (nSPS) is 11.4. The number of para-hydroxylation sites is 1. The van der Waals surface area contributed by atoms with Crippen LogP contribution in [0.5, 0.6) is 11.5 Å². The summed E-state index contributed by atoms with van der Waals surface area (Å²) in [6.45, 7) is -0.827. The Morgan fingerprint density at radius 3 is 2.64 bits per heavy atom. The van der Waals surface area contributed by atoms with Crippen LogP contribution in [0.15, 0.2) is 18.2 Å². The quantitative estimate of drug-likeness (QED) is 0.781. The molecule has 1 aromatic rings. The zero-order chi connectivity index (χ0) is 10.8. The number of alkyl halides is 2. The number of phenolic OH excluding ortho intramolecular Hbond substituents is 1.